The molecule has 4 rings (SSSR count). The van der Waals surface area contributed by atoms with E-state index in [1.807, 2.05) is 0 Å². The topological polar surface area (TPSA) is 89.7 Å². The van der Waals surface area contributed by atoms with Gasteiger partial charge in [0.15, 0.2) is 10.8 Å². The fraction of sp³-hybridized carbons (Fsp3) is 0.238. The molecule has 1 atom stereocenters. The molecule has 1 aromatic carbocycles. The molecule has 2 amide bonds. The standard InChI is InChI=1S/C21H18N2O5S/c1-12(2)17(23-19(24)14-6-3-4-7-15(14)20(23)25)21(26)28-10-13-11-29-18(22-13)16-8-5-9-27-16/h3-9,11-12,17H,10H2,1-2H3. The first kappa shape index (κ1) is 19.1. The number of amides is 2. The van der Waals surface area contributed by atoms with Crippen LogP contribution in [0.5, 0.6) is 0 Å². The second-order valence-corrected chi connectivity index (χ2v) is 7.80. The minimum absolute atomic E-state index is 0.0531. The number of imide groups is 1. The van der Waals surface area contributed by atoms with Gasteiger partial charge in [0.05, 0.1) is 23.1 Å². The summed E-state index contributed by atoms with van der Waals surface area (Å²) < 4.78 is 10.7. The molecule has 3 heterocycles. The molecule has 3 aromatic rings. The average molecular weight is 410 g/mol. The van der Waals surface area contributed by atoms with Crippen LogP contribution in [0.1, 0.15) is 40.3 Å². The fourth-order valence-corrected chi connectivity index (χ4v) is 4.02. The lowest BCUT2D eigenvalue weighted by Gasteiger charge is -2.27. The molecule has 0 spiro atoms. The largest absolute Gasteiger partial charge is 0.462 e. The van der Waals surface area contributed by atoms with Crippen molar-refractivity contribution in [1.82, 2.24) is 9.88 Å². The van der Waals surface area contributed by atoms with Gasteiger partial charge in [-0.2, -0.15) is 0 Å². The summed E-state index contributed by atoms with van der Waals surface area (Å²) in [5.41, 5.74) is 1.18. The zero-order valence-electron chi connectivity index (χ0n) is 15.8. The number of thiazole rings is 1. The fourth-order valence-electron chi connectivity index (χ4n) is 3.25. The van der Waals surface area contributed by atoms with Gasteiger partial charge in [-0.25, -0.2) is 9.78 Å². The lowest BCUT2D eigenvalue weighted by Crippen LogP contribution is -2.48. The van der Waals surface area contributed by atoms with Crippen LogP contribution in [0.3, 0.4) is 0 Å². The van der Waals surface area contributed by atoms with E-state index in [1.54, 1.807) is 61.9 Å². The van der Waals surface area contributed by atoms with Gasteiger partial charge in [-0.1, -0.05) is 26.0 Å². The molecule has 0 aliphatic carbocycles. The zero-order valence-corrected chi connectivity index (χ0v) is 16.6. The second kappa shape index (κ2) is 7.63. The quantitative estimate of drug-likeness (QED) is 0.454. The number of aromatic nitrogens is 1. The molecule has 0 N–H and O–H groups in total. The van der Waals surface area contributed by atoms with Crippen molar-refractivity contribution in [2.45, 2.75) is 26.5 Å². The maximum Gasteiger partial charge on any atom is 0.330 e. The van der Waals surface area contributed by atoms with E-state index in [2.05, 4.69) is 4.98 Å². The normalized spacial score (nSPS) is 14.4. The molecule has 8 heteroatoms. The van der Waals surface area contributed by atoms with Crippen LogP contribution in [0, 0.1) is 5.92 Å². The number of carbonyl (C=O) groups excluding carboxylic acids is 3. The lowest BCUT2D eigenvalue weighted by molar-refractivity contribution is -0.151. The van der Waals surface area contributed by atoms with E-state index in [0.29, 0.717) is 27.6 Å². The Balaban J connectivity index is 1.49. The van der Waals surface area contributed by atoms with E-state index >= 15 is 0 Å². The molecule has 1 aliphatic heterocycles. The highest BCUT2D eigenvalue weighted by atomic mass is 32.1. The first-order valence-electron chi connectivity index (χ1n) is 9.09. The Labute approximate surface area is 170 Å². The van der Waals surface area contributed by atoms with Crippen LogP contribution >= 0.6 is 11.3 Å². The Morgan fingerprint density at radius 1 is 1.14 bits per heavy atom. The molecule has 2 aromatic heterocycles. The van der Waals surface area contributed by atoms with Gasteiger partial charge < -0.3 is 9.15 Å². The van der Waals surface area contributed by atoms with E-state index < -0.39 is 23.8 Å². The van der Waals surface area contributed by atoms with Gasteiger partial charge in [0.1, 0.15) is 12.6 Å². The molecule has 0 saturated heterocycles. The summed E-state index contributed by atoms with van der Waals surface area (Å²) in [5, 5.41) is 2.46. The van der Waals surface area contributed by atoms with Crippen LogP contribution in [0.2, 0.25) is 0 Å². The van der Waals surface area contributed by atoms with Crippen molar-refractivity contribution in [3.05, 3.63) is 64.9 Å². The summed E-state index contributed by atoms with van der Waals surface area (Å²) in [5.74, 6) is -1.26. The lowest BCUT2D eigenvalue weighted by atomic mass is 10.0. The molecule has 148 valence electrons. The van der Waals surface area contributed by atoms with Crippen molar-refractivity contribution in [1.29, 1.82) is 0 Å². The molecule has 0 fully saturated rings. The van der Waals surface area contributed by atoms with Crippen molar-refractivity contribution in [3.8, 4) is 10.8 Å². The third-order valence-corrected chi connectivity index (χ3v) is 5.53. The predicted octanol–water partition coefficient (Wildman–Crippen LogP) is 3.77. The van der Waals surface area contributed by atoms with Gasteiger partial charge in [0.2, 0.25) is 0 Å². The van der Waals surface area contributed by atoms with E-state index in [-0.39, 0.29) is 12.5 Å². The summed E-state index contributed by atoms with van der Waals surface area (Å²) in [6.07, 6.45) is 1.56. The van der Waals surface area contributed by atoms with Gasteiger partial charge in [-0.15, -0.1) is 11.3 Å². The van der Waals surface area contributed by atoms with Gasteiger partial charge in [0.25, 0.3) is 11.8 Å². The van der Waals surface area contributed by atoms with Gasteiger partial charge in [0, 0.05) is 5.38 Å². The maximum atomic E-state index is 12.8. The molecule has 0 saturated carbocycles. The SMILES string of the molecule is CC(C)C(C(=O)OCc1csc(-c2ccco2)n1)N1C(=O)c2ccccc2C1=O. The number of hydrogen-bond donors (Lipinski definition) is 0. The summed E-state index contributed by atoms with van der Waals surface area (Å²) >= 11 is 1.38. The van der Waals surface area contributed by atoms with Crippen molar-refractivity contribution < 1.29 is 23.5 Å². The van der Waals surface area contributed by atoms with Gasteiger partial charge >= 0.3 is 5.97 Å². The van der Waals surface area contributed by atoms with Crippen molar-refractivity contribution in [2.24, 2.45) is 5.92 Å². The van der Waals surface area contributed by atoms with Crippen molar-refractivity contribution >= 4 is 29.1 Å². The number of furan rings is 1. The number of hydrogen-bond acceptors (Lipinski definition) is 7. The number of ether oxygens (including phenoxy) is 1. The van der Waals surface area contributed by atoms with E-state index in [9.17, 15) is 14.4 Å². The first-order valence-corrected chi connectivity index (χ1v) is 9.97. The third kappa shape index (κ3) is 3.47. The Morgan fingerprint density at radius 3 is 2.41 bits per heavy atom. The highest BCUT2D eigenvalue weighted by Gasteiger charge is 2.44. The number of benzene rings is 1. The smallest absolute Gasteiger partial charge is 0.330 e. The molecule has 0 bridgehead atoms. The van der Waals surface area contributed by atoms with Gasteiger partial charge in [-0.05, 0) is 30.2 Å². The summed E-state index contributed by atoms with van der Waals surface area (Å²) in [6.45, 7) is 3.49. The number of rotatable bonds is 6. The van der Waals surface area contributed by atoms with Crippen LogP contribution < -0.4 is 0 Å². The number of esters is 1. The molecular weight excluding hydrogens is 392 g/mol. The van der Waals surface area contributed by atoms with E-state index in [4.69, 9.17) is 9.15 Å². The van der Waals surface area contributed by atoms with Crippen LogP contribution in [0.4, 0.5) is 0 Å². The highest BCUT2D eigenvalue weighted by Crippen LogP contribution is 2.28. The highest BCUT2D eigenvalue weighted by molar-refractivity contribution is 7.13. The van der Waals surface area contributed by atoms with Crippen LogP contribution in [-0.4, -0.2) is 33.7 Å². The molecular formula is C21H18N2O5S. The Bertz CT molecular complexity index is 1040. The minimum Gasteiger partial charge on any atom is -0.462 e. The molecule has 29 heavy (non-hydrogen) atoms. The number of nitrogens with zero attached hydrogens (tertiary/aromatic N) is 2. The predicted molar refractivity (Wildman–Crippen MR) is 105 cm³/mol. The zero-order chi connectivity index (χ0) is 20.5. The summed E-state index contributed by atoms with van der Waals surface area (Å²) in [4.78, 5) is 43.7. The van der Waals surface area contributed by atoms with Crippen LogP contribution in [0.25, 0.3) is 10.8 Å². The first-order chi connectivity index (χ1) is 14.0. The minimum atomic E-state index is -1.01. The van der Waals surface area contributed by atoms with Crippen LogP contribution in [0.15, 0.2) is 52.5 Å². The van der Waals surface area contributed by atoms with Gasteiger partial charge in [-0.3, -0.25) is 14.5 Å². The number of fused-ring (bicyclic) bond motifs is 1. The molecule has 1 unspecified atom stereocenters. The van der Waals surface area contributed by atoms with Crippen LogP contribution in [-0.2, 0) is 16.1 Å². The Hall–Kier alpha value is -3.26. The molecule has 0 radical (unpaired) electrons. The molecule has 1 aliphatic rings. The van der Waals surface area contributed by atoms with Crippen molar-refractivity contribution in [2.75, 3.05) is 0 Å². The third-order valence-electron chi connectivity index (χ3n) is 4.62. The number of carbonyl (C=O) groups is 3. The second-order valence-electron chi connectivity index (χ2n) is 6.94. The monoisotopic (exact) mass is 410 g/mol. The van der Waals surface area contributed by atoms with E-state index in [1.165, 1.54) is 11.3 Å². The van der Waals surface area contributed by atoms with Crippen molar-refractivity contribution in [3.63, 3.8) is 0 Å². The average Bonchev–Trinajstić information content (AvgIpc) is 3.44. The maximum absolute atomic E-state index is 12.8. The Morgan fingerprint density at radius 2 is 1.83 bits per heavy atom. The summed E-state index contributed by atoms with van der Waals surface area (Å²) in [6, 6.07) is 9.11. The summed E-state index contributed by atoms with van der Waals surface area (Å²) in [7, 11) is 0. The molecule has 7 nitrogen and oxygen atoms in total. The Kier molecular flexibility index (Phi) is 5.02. The van der Waals surface area contributed by atoms with E-state index in [0.717, 1.165) is 4.90 Å².